The van der Waals surface area contributed by atoms with Crippen LogP contribution in [0.15, 0.2) is 42.5 Å². The number of halogens is 1. The molecule has 31 heavy (non-hydrogen) atoms. The van der Waals surface area contributed by atoms with E-state index in [1.54, 1.807) is 14.2 Å². The number of nitrogens with one attached hydrogen (secondary N) is 1. The van der Waals surface area contributed by atoms with Crippen molar-refractivity contribution in [3.05, 3.63) is 57.9 Å². The van der Waals surface area contributed by atoms with Crippen molar-refractivity contribution in [1.29, 1.82) is 0 Å². The van der Waals surface area contributed by atoms with Crippen molar-refractivity contribution >= 4 is 38.9 Å². The predicted octanol–water partition coefficient (Wildman–Crippen LogP) is 4.38. The maximum atomic E-state index is 13.0. The lowest BCUT2D eigenvalue weighted by Crippen LogP contribution is -2.43. The van der Waals surface area contributed by atoms with Crippen molar-refractivity contribution in [2.75, 3.05) is 47.1 Å². The first-order valence-corrected chi connectivity index (χ1v) is 11.3. The number of nitrogens with zero attached hydrogens (tertiary/aromatic N) is 1. The maximum Gasteiger partial charge on any atom is 0.262 e. The van der Waals surface area contributed by atoms with Crippen LogP contribution >= 0.6 is 22.9 Å². The van der Waals surface area contributed by atoms with Crippen LogP contribution in [-0.2, 0) is 4.74 Å². The van der Waals surface area contributed by atoms with E-state index in [-0.39, 0.29) is 11.9 Å². The van der Waals surface area contributed by atoms with Crippen LogP contribution in [0.1, 0.15) is 21.3 Å². The fourth-order valence-corrected chi connectivity index (χ4v) is 5.27. The van der Waals surface area contributed by atoms with Crippen molar-refractivity contribution in [3.8, 4) is 11.5 Å². The number of carbonyl (C=O) groups is 1. The van der Waals surface area contributed by atoms with E-state index in [9.17, 15) is 4.79 Å². The van der Waals surface area contributed by atoms with E-state index in [2.05, 4.69) is 10.2 Å². The lowest BCUT2D eigenvalue weighted by atomic mass is 10.0. The molecule has 164 valence electrons. The number of rotatable bonds is 7. The Bertz CT molecular complexity index is 1060. The quantitative estimate of drug-likeness (QED) is 0.567. The molecule has 0 aliphatic carbocycles. The molecule has 1 aliphatic heterocycles. The predicted molar refractivity (Wildman–Crippen MR) is 124 cm³/mol. The summed E-state index contributed by atoms with van der Waals surface area (Å²) in [5.74, 6) is 1.18. The van der Waals surface area contributed by atoms with Crippen LogP contribution < -0.4 is 14.8 Å². The van der Waals surface area contributed by atoms with E-state index in [1.165, 1.54) is 11.3 Å². The lowest BCUT2D eigenvalue weighted by Gasteiger charge is -2.35. The summed E-state index contributed by atoms with van der Waals surface area (Å²) >= 11 is 7.91. The Kier molecular flexibility index (Phi) is 6.97. The average molecular weight is 461 g/mol. The SMILES string of the molecule is COc1ccc(C(CNC(=O)c2sc3ccccc3c2Cl)N2CCOCC2)cc1OC. The highest BCUT2D eigenvalue weighted by Gasteiger charge is 2.25. The zero-order valence-electron chi connectivity index (χ0n) is 17.5. The summed E-state index contributed by atoms with van der Waals surface area (Å²) in [6.07, 6.45) is 0. The molecule has 1 N–H and O–H groups in total. The molecule has 1 amide bonds. The Hall–Kier alpha value is -2.32. The van der Waals surface area contributed by atoms with Crippen LogP contribution in [-0.4, -0.2) is 57.9 Å². The third-order valence-corrected chi connectivity index (χ3v) is 7.15. The van der Waals surface area contributed by atoms with Gasteiger partial charge in [0.05, 0.1) is 38.5 Å². The summed E-state index contributed by atoms with van der Waals surface area (Å²) in [7, 11) is 3.24. The summed E-state index contributed by atoms with van der Waals surface area (Å²) in [5, 5.41) is 4.51. The minimum atomic E-state index is -0.162. The minimum absolute atomic E-state index is 0.0270. The molecule has 0 spiro atoms. The second kappa shape index (κ2) is 9.87. The monoisotopic (exact) mass is 460 g/mol. The number of hydrogen-bond acceptors (Lipinski definition) is 6. The molecule has 0 saturated carbocycles. The molecule has 0 bridgehead atoms. The topological polar surface area (TPSA) is 60.0 Å². The van der Waals surface area contributed by atoms with Crippen molar-refractivity contribution in [2.24, 2.45) is 0 Å². The van der Waals surface area contributed by atoms with Gasteiger partial charge in [-0.3, -0.25) is 9.69 Å². The normalized spacial score (nSPS) is 15.6. The maximum absolute atomic E-state index is 13.0. The first-order chi connectivity index (χ1) is 15.1. The number of fused-ring (bicyclic) bond motifs is 1. The first-order valence-electron chi connectivity index (χ1n) is 10.1. The van der Waals surface area contributed by atoms with Gasteiger partial charge >= 0.3 is 0 Å². The molecule has 6 nitrogen and oxygen atoms in total. The van der Waals surface area contributed by atoms with E-state index in [0.717, 1.165) is 28.7 Å². The summed E-state index contributed by atoms with van der Waals surface area (Å²) in [4.78, 5) is 15.9. The largest absolute Gasteiger partial charge is 0.493 e. The van der Waals surface area contributed by atoms with Crippen LogP contribution in [0.4, 0.5) is 0 Å². The fourth-order valence-electron chi connectivity index (χ4n) is 3.84. The van der Waals surface area contributed by atoms with Gasteiger partial charge in [-0.25, -0.2) is 0 Å². The number of amides is 1. The van der Waals surface area contributed by atoms with Crippen LogP contribution in [0.3, 0.4) is 0 Å². The smallest absolute Gasteiger partial charge is 0.262 e. The average Bonchev–Trinajstić information content (AvgIpc) is 3.16. The number of methoxy groups -OCH3 is 2. The highest BCUT2D eigenvalue weighted by molar-refractivity contribution is 7.21. The molecule has 1 atom stereocenters. The zero-order valence-corrected chi connectivity index (χ0v) is 19.1. The molecular formula is C23H25ClN2O4S. The molecule has 2 aromatic carbocycles. The standard InChI is InChI=1S/C23H25ClN2O4S/c1-28-18-8-7-15(13-19(18)29-2)17(26-9-11-30-12-10-26)14-25-23(27)22-21(24)16-5-3-4-6-20(16)31-22/h3-8,13,17H,9-12,14H2,1-2H3,(H,25,27). The molecule has 0 radical (unpaired) electrons. The van der Waals surface area contributed by atoms with Gasteiger partial charge in [-0.05, 0) is 23.8 Å². The van der Waals surface area contributed by atoms with Gasteiger partial charge in [0.15, 0.2) is 11.5 Å². The first kappa shape index (κ1) is 21.9. The molecule has 1 unspecified atom stereocenters. The number of morpholine rings is 1. The number of thiophene rings is 1. The zero-order chi connectivity index (χ0) is 21.8. The Morgan fingerprint density at radius 3 is 2.61 bits per heavy atom. The summed E-state index contributed by atoms with van der Waals surface area (Å²) in [6, 6.07) is 13.6. The molecular weight excluding hydrogens is 436 g/mol. The Labute approximate surface area is 190 Å². The Morgan fingerprint density at radius 1 is 1.16 bits per heavy atom. The highest BCUT2D eigenvalue weighted by atomic mass is 35.5. The van der Waals surface area contributed by atoms with Crippen LogP contribution in [0.5, 0.6) is 11.5 Å². The molecule has 4 rings (SSSR count). The third-order valence-electron chi connectivity index (χ3n) is 5.48. The van der Waals surface area contributed by atoms with E-state index in [1.807, 2.05) is 42.5 Å². The molecule has 2 heterocycles. The van der Waals surface area contributed by atoms with Crippen molar-refractivity contribution in [2.45, 2.75) is 6.04 Å². The second-order valence-electron chi connectivity index (χ2n) is 7.23. The van der Waals surface area contributed by atoms with Crippen molar-refractivity contribution in [1.82, 2.24) is 10.2 Å². The molecule has 3 aromatic rings. The molecule has 1 aromatic heterocycles. The van der Waals surface area contributed by atoms with Gasteiger partial charge in [0, 0.05) is 29.7 Å². The van der Waals surface area contributed by atoms with E-state index in [0.29, 0.717) is 41.2 Å². The summed E-state index contributed by atoms with van der Waals surface area (Å²) in [6.45, 7) is 3.36. The minimum Gasteiger partial charge on any atom is -0.493 e. The lowest BCUT2D eigenvalue weighted by molar-refractivity contribution is 0.0162. The van der Waals surface area contributed by atoms with E-state index in [4.69, 9.17) is 25.8 Å². The highest BCUT2D eigenvalue weighted by Crippen LogP contribution is 2.35. The van der Waals surface area contributed by atoms with Gasteiger partial charge in [-0.2, -0.15) is 0 Å². The molecule has 8 heteroatoms. The third kappa shape index (κ3) is 4.65. The molecule has 1 fully saturated rings. The summed E-state index contributed by atoms with van der Waals surface area (Å²) in [5.41, 5.74) is 1.04. The second-order valence-corrected chi connectivity index (χ2v) is 8.66. The number of ether oxygens (including phenoxy) is 3. The van der Waals surface area contributed by atoms with Crippen molar-refractivity contribution < 1.29 is 19.0 Å². The Balaban J connectivity index is 1.57. The number of hydrogen-bond donors (Lipinski definition) is 1. The van der Waals surface area contributed by atoms with Gasteiger partial charge < -0.3 is 19.5 Å². The van der Waals surface area contributed by atoms with Gasteiger partial charge in [0.1, 0.15) is 4.88 Å². The number of carbonyl (C=O) groups excluding carboxylic acids is 1. The fraction of sp³-hybridized carbons (Fsp3) is 0.348. The van der Waals surface area contributed by atoms with Gasteiger partial charge in [0.25, 0.3) is 5.91 Å². The molecule has 1 aliphatic rings. The van der Waals surface area contributed by atoms with Crippen molar-refractivity contribution in [3.63, 3.8) is 0 Å². The van der Waals surface area contributed by atoms with Crippen LogP contribution in [0, 0.1) is 0 Å². The van der Waals surface area contributed by atoms with E-state index < -0.39 is 0 Å². The van der Waals surface area contributed by atoms with Crippen LogP contribution in [0.25, 0.3) is 10.1 Å². The van der Waals surface area contributed by atoms with Gasteiger partial charge in [0.2, 0.25) is 0 Å². The summed E-state index contributed by atoms with van der Waals surface area (Å²) < 4.78 is 17.4. The van der Waals surface area contributed by atoms with Crippen LogP contribution in [0.2, 0.25) is 5.02 Å². The van der Waals surface area contributed by atoms with E-state index >= 15 is 0 Å². The van der Waals surface area contributed by atoms with Gasteiger partial charge in [-0.15, -0.1) is 11.3 Å². The Morgan fingerprint density at radius 2 is 1.90 bits per heavy atom. The molecule has 1 saturated heterocycles. The number of benzene rings is 2. The van der Waals surface area contributed by atoms with Gasteiger partial charge in [-0.1, -0.05) is 35.9 Å².